The van der Waals surface area contributed by atoms with Crippen molar-refractivity contribution in [1.82, 2.24) is 9.55 Å². The van der Waals surface area contributed by atoms with Gasteiger partial charge < -0.3 is 15.6 Å². The number of amides is 2. The maximum Gasteiger partial charge on any atom is 0.248 e. The molecule has 0 spiro atoms. The number of carbonyl (C=O) groups is 2. The number of benzene rings is 2. The number of aryl methyl sites for hydroxylation is 1. The number of anilines is 1. The van der Waals surface area contributed by atoms with Crippen LogP contribution in [0.1, 0.15) is 10.4 Å². The van der Waals surface area contributed by atoms with Crippen molar-refractivity contribution in [2.75, 3.05) is 11.1 Å². The number of hydrogen-bond donors (Lipinski definition) is 2. The smallest absolute Gasteiger partial charge is 0.248 e. The average Bonchev–Trinajstić information content (AvgIpc) is 2.90. The molecule has 0 aliphatic heterocycles. The Labute approximate surface area is 143 Å². The van der Waals surface area contributed by atoms with Gasteiger partial charge in [-0.3, -0.25) is 9.59 Å². The summed E-state index contributed by atoms with van der Waals surface area (Å²) in [6.45, 7) is 0. The van der Waals surface area contributed by atoms with E-state index in [-0.39, 0.29) is 11.7 Å². The Morgan fingerprint density at radius 1 is 1.17 bits per heavy atom. The number of fused-ring (bicyclic) bond motifs is 1. The lowest BCUT2D eigenvalue weighted by molar-refractivity contribution is -0.113. The molecule has 1 aromatic heterocycles. The normalized spacial score (nSPS) is 10.7. The van der Waals surface area contributed by atoms with Gasteiger partial charge >= 0.3 is 0 Å². The SMILES string of the molecule is Cn1c(SCC(=O)Nc2ccc(C(N)=O)cc2)nc2ccccc21. The molecule has 0 aliphatic carbocycles. The zero-order chi connectivity index (χ0) is 17.1. The van der Waals surface area contributed by atoms with E-state index in [0.29, 0.717) is 11.3 Å². The van der Waals surface area contributed by atoms with Gasteiger partial charge in [0.15, 0.2) is 5.16 Å². The number of nitrogens with one attached hydrogen (secondary N) is 1. The summed E-state index contributed by atoms with van der Waals surface area (Å²) in [5.41, 5.74) is 8.15. The van der Waals surface area contributed by atoms with Gasteiger partial charge in [-0.25, -0.2) is 4.98 Å². The first kappa shape index (κ1) is 16.1. The number of thioether (sulfide) groups is 1. The second-order valence-corrected chi connectivity index (χ2v) is 6.16. The molecule has 0 saturated heterocycles. The molecule has 7 heteroatoms. The molecule has 0 atom stereocenters. The summed E-state index contributed by atoms with van der Waals surface area (Å²) in [6, 6.07) is 14.3. The number of rotatable bonds is 5. The van der Waals surface area contributed by atoms with Crippen LogP contribution in [0.4, 0.5) is 5.69 Å². The molecule has 0 unspecified atom stereocenters. The van der Waals surface area contributed by atoms with Crippen molar-refractivity contribution in [3.05, 3.63) is 54.1 Å². The molecule has 1 heterocycles. The van der Waals surface area contributed by atoms with E-state index in [4.69, 9.17) is 5.73 Å². The van der Waals surface area contributed by atoms with Crippen LogP contribution in [0.2, 0.25) is 0 Å². The molecule has 6 nitrogen and oxygen atoms in total. The van der Waals surface area contributed by atoms with Gasteiger partial charge in [-0.05, 0) is 36.4 Å². The van der Waals surface area contributed by atoms with Gasteiger partial charge in [0, 0.05) is 18.3 Å². The Balaban J connectivity index is 1.62. The highest BCUT2D eigenvalue weighted by atomic mass is 32.2. The number of hydrogen-bond acceptors (Lipinski definition) is 4. The van der Waals surface area contributed by atoms with Crippen LogP contribution in [0.5, 0.6) is 0 Å². The highest BCUT2D eigenvalue weighted by Gasteiger charge is 2.10. The molecular weight excluding hydrogens is 324 g/mol. The molecule has 3 aromatic rings. The van der Waals surface area contributed by atoms with Crippen LogP contribution in [0.25, 0.3) is 11.0 Å². The predicted molar refractivity (Wildman–Crippen MR) is 95.0 cm³/mol. The number of aromatic nitrogens is 2. The molecule has 0 bridgehead atoms. The summed E-state index contributed by atoms with van der Waals surface area (Å²) in [5, 5.41) is 3.57. The van der Waals surface area contributed by atoms with Gasteiger partial charge in [-0.2, -0.15) is 0 Å². The van der Waals surface area contributed by atoms with E-state index in [2.05, 4.69) is 10.3 Å². The third-order valence-corrected chi connectivity index (χ3v) is 4.56. The molecule has 2 aromatic carbocycles. The predicted octanol–water partition coefficient (Wildman–Crippen LogP) is 2.40. The molecule has 0 radical (unpaired) electrons. The number of carbonyl (C=O) groups excluding carboxylic acids is 2. The largest absolute Gasteiger partial charge is 0.366 e. The average molecular weight is 340 g/mol. The Hall–Kier alpha value is -2.80. The molecule has 3 N–H and O–H groups in total. The van der Waals surface area contributed by atoms with Crippen molar-refractivity contribution in [3.63, 3.8) is 0 Å². The van der Waals surface area contributed by atoms with Crippen molar-refractivity contribution in [1.29, 1.82) is 0 Å². The maximum absolute atomic E-state index is 12.1. The minimum atomic E-state index is -0.495. The molecule has 2 amide bonds. The van der Waals surface area contributed by atoms with Crippen LogP contribution in [0, 0.1) is 0 Å². The monoisotopic (exact) mass is 340 g/mol. The first-order chi connectivity index (χ1) is 11.5. The van der Waals surface area contributed by atoms with Gasteiger partial charge in [-0.1, -0.05) is 23.9 Å². The molecule has 3 rings (SSSR count). The van der Waals surface area contributed by atoms with Gasteiger partial charge in [-0.15, -0.1) is 0 Å². The highest BCUT2D eigenvalue weighted by molar-refractivity contribution is 7.99. The lowest BCUT2D eigenvalue weighted by atomic mass is 10.2. The minimum absolute atomic E-state index is 0.140. The first-order valence-electron chi connectivity index (χ1n) is 7.28. The molecule has 24 heavy (non-hydrogen) atoms. The zero-order valence-corrected chi connectivity index (χ0v) is 13.8. The number of nitrogens with zero attached hydrogens (tertiary/aromatic N) is 2. The fraction of sp³-hybridized carbons (Fsp3) is 0.118. The fourth-order valence-corrected chi connectivity index (χ4v) is 3.08. The van der Waals surface area contributed by atoms with E-state index in [9.17, 15) is 9.59 Å². The van der Waals surface area contributed by atoms with Crippen LogP contribution >= 0.6 is 11.8 Å². The summed E-state index contributed by atoms with van der Waals surface area (Å²) >= 11 is 1.37. The van der Waals surface area contributed by atoms with Gasteiger partial charge in [0.05, 0.1) is 16.8 Å². The van der Waals surface area contributed by atoms with Crippen molar-refractivity contribution in [3.8, 4) is 0 Å². The summed E-state index contributed by atoms with van der Waals surface area (Å²) in [6.07, 6.45) is 0. The van der Waals surface area contributed by atoms with Gasteiger partial charge in [0.1, 0.15) is 0 Å². The number of nitrogens with two attached hydrogens (primary N) is 1. The Bertz CT molecular complexity index is 903. The number of imidazole rings is 1. The first-order valence-corrected chi connectivity index (χ1v) is 8.27. The van der Waals surface area contributed by atoms with Crippen LogP contribution in [-0.4, -0.2) is 27.1 Å². The maximum atomic E-state index is 12.1. The molecule has 0 aliphatic rings. The van der Waals surface area contributed by atoms with Gasteiger partial charge in [0.25, 0.3) is 0 Å². The van der Waals surface area contributed by atoms with Crippen LogP contribution in [-0.2, 0) is 11.8 Å². The quantitative estimate of drug-likeness (QED) is 0.698. The summed E-state index contributed by atoms with van der Waals surface area (Å²) in [4.78, 5) is 27.6. The Morgan fingerprint density at radius 2 is 1.88 bits per heavy atom. The van der Waals surface area contributed by atoms with E-state index in [0.717, 1.165) is 16.2 Å². The molecule has 122 valence electrons. The van der Waals surface area contributed by atoms with Crippen LogP contribution in [0.15, 0.2) is 53.7 Å². The third-order valence-electron chi connectivity index (χ3n) is 3.53. The van der Waals surface area contributed by atoms with Crippen molar-refractivity contribution in [2.24, 2.45) is 12.8 Å². The van der Waals surface area contributed by atoms with E-state index in [1.807, 2.05) is 35.9 Å². The van der Waals surface area contributed by atoms with Crippen molar-refractivity contribution < 1.29 is 9.59 Å². The standard InChI is InChI=1S/C17H16N4O2S/c1-21-14-5-3-2-4-13(14)20-17(21)24-10-15(22)19-12-8-6-11(7-9-12)16(18)23/h2-9H,10H2,1H3,(H2,18,23)(H,19,22). The summed E-state index contributed by atoms with van der Waals surface area (Å²) in [7, 11) is 1.93. The van der Waals surface area contributed by atoms with Crippen molar-refractivity contribution >= 4 is 40.3 Å². The lowest BCUT2D eigenvalue weighted by Crippen LogP contribution is -2.15. The van der Waals surface area contributed by atoms with Crippen LogP contribution < -0.4 is 11.1 Å². The second kappa shape index (κ2) is 6.76. The minimum Gasteiger partial charge on any atom is -0.366 e. The molecular formula is C17H16N4O2S. The van der Waals surface area contributed by atoms with Crippen molar-refractivity contribution in [2.45, 2.75) is 5.16 Å². The Morgan fingerprint density at radius 3 is 2.54 bits per heavy atom. The van der Waals surface area contributed by atoms with Crippen LogP contribution in [0.3, 0.4) is 0 Å². The fourth-order valence-electron chi connectivity index (χ4n) is 2.30. The molecule has 0 fully saturated rings. The lowest BCUT2D eigenvalue weighted by Gasteiger charge is -2.06. The zero-order valence-electron chi connectivity index (χ0n) is 13.0. The van der Waals surface area contributed by atoms with Gasteiger partial charge in [0.2, 0.25) is 11.8 Å². The Kier molecular flexibility index (Phi) is 4.52. The van der Waals surface area contributed by atoms with E-state index >= 15 is 0 Å². The molecule has 0 saturated carbocycles. The summed E-state index contributed by atoms with van der Waals surface area (Å²) in [5.74, 6) is -0.390. The number of primary amides is 1. The van der Waals surface area contributed by atoms with E-state index < -0.39 is 5.91 Å². The van der Waals surface area contributed by atoms with E-state index in [1.54, 1.807) is 24.3 Å². The number of para-hydroxylation sites is 2. The third kappa shape index (κ3) is 3.41. The second-order valence-electron chi connectivity index (χ2n) is 5.22. The topological polar surface area (TPSA) is 90.0 Å². The van der Waals surface area contributed by atoms with E-state index in [1.165, 1.54) is 11.8 Å². The highest BCUT2D eigenvalue weighted by Crippen LogP contribution is 2.22. The summed E-state index contributed by atoms with van der Waals surface area (Å²) < 4.78 is 1.97.